The number of fused-ring (bicyclic) bond motifs is 1. The van der Waals surface area contributed by atoms with Crippen LogP contribution in [-0.2, 0) is 12.8 Å². The summed E-state index contributed by atoms with van der Waals surface area (Å²) < 4.78 is 1.17. The molecule has 4 rings (SSSR count). The van der Waals surface area contributed by atoms with E-state index < -0.39 is 0 Å². The SMILES string of the molecule is C=CC(=C)N(c1cc2c(cn1)CCC2)c1cc(C)c(Br)cc1C1CC1. The van der Waals surface area contributed by atoms with Crippen LogP contribution in [0.4, 0.5) is 11.5 Å². The minimum absolute atomic E-state index is 0.640. The average molecular weight is 395 g/mol. The smallest absolute Gasteiger partial charge is 0.137 e. The fraction of sp³-hybridized carbons (Fsp3) is 0.318. The van der Waals surface area contributed by atoms with Crippen molar-refractivity contribution in [1.29, 1.82) is 0 Å². The second kappa shape index (κ2) is 6.45. The first-order valence-corrected chi connectivity index (χ1v) is 9.77. The predicted octanol–water partition coefficient (Wildman–Crippen LogP) is 6.36. The molecule has 0 radical (unpaired) electrons. The van der Waals surface area contributed by atoms with Gasteiger partial charge in [-0.1, -0.05) is 29.1 Å². The van der Waals surface area contributed by atoms with Gasteiger partial charge in [-0.2, -0.15) is 0 Å². The van der Waals surface area contributed by atoms with Crippen LogP contribution in [0.25, 0.3) is 0 Å². The van der Waals surface area contributed by atoms with Crippen LogP contribution >= 0.6 is 15.9 Å². The molecule has 2 aliphatic rings. The lowest BCUT2D eigenvalue weighted by atomic mass is 10.0. The third kappa shape index (κ3) is 3.06. The van der Waals surface area contributed by atoms with E-state index in [1.807, 2.05) is 12.3 Å². The topological polar surface area (TPSA) is 16.1 Å². The van der Waals surface area contributed by atoms with Gasteiger partial charge in [0, 0.05) is 16.4 Å². The molecule has 3 heteroatoms. The van der Waals surface area contributed by atoms with Gasteiger partial charge in [0.1, 0.15) is 5.82 Å². The summed E-state index contributed by atoms with van der Waals surface area (Å²) in [5.74, 6) is 1.59. The summed E-state index contributed by atoms with van der Waals surface area (Å²) in [5, 5.41) is 0. The Hall–Kier alpha value is -1.87. The number of nitrogens with zero attached hydrogens (tertiary/aromatic N) is 2. The number of hydrogen-bond acceptors (Lipinski definition) is 2. The summed E-state index contributed by atoms with van der Waals surface area (Å²) in [4.78, 5) is 6.95. The molecular weight excluding hydrogens is 372 g/mol. The number of allylic oxidation sites excluding steroid dienone is 1. The number of benzene rings is 1. The van der Waals surface area contributed by atoms with Gasteiger partial charge in [0.05, 0.1) is 5.69 Å². The van der Waals surface area contributed by atoms with E-state index in [1.54, 1.807) is 0 Å². The second-order valence-electron chi connectivity index (χ2n) is 7.13. The molecule has 0 N–H and O–H groups in total. The van der Waals surface area contributed by atoms with Crippen molar-refractivity contribution in [3.63, 3.8) is 0 Å². The van der Waals surface area contributed by atoms with Crippen molar-refractivity contribution >= 4 is 27.4 Å². The van der Waals surface area contributed by atoms with E-state index >= 15 is 0 Å². The molecule has 0 saturated heterocycles. The summed E-state index contributed by atoms with van der Waals surface area (Å²) in [6.07, 6.45) is 9.91. The Morgan fingerprint density at radius 3 is 2.72 bits per heavy atom. The van der Waals surface area contributed by atoms with Gasteiger partial charge in [-0.25, -0.2) is 4.98 Å². The summed E-state index contributed by atoms with van der Waals surface area (Å²) in [6.45, 7) is 10.3. The highest BCUT2D eigenvalue weighted by molar-refractivity contribution is 9.10. The highest BCUT2D eigenvalue weighted by atomic mass is 79.9. The fourth-order valence-corrected chi connectivity index (χ4v) is 4.04. The minimum atomic E-state index is 0.640. The largest absolute Gasteiger partial charge is 0.295 e. The van der Waals surface area contributed by atoms with E-state index in [1.165, 1.54) is 51.7 Å². The molecule has 2 aliphatic carbocycles. The van der Waals surface area contributed by atoms with E-state index in [9.17, 15) is 0 Å². The summed E-state index contributed by atoms with van der Waals surface area (Å²) in [6, 6.07) is 6.77. The van der Waals surface area contributed by atoms with Crippen molar-refractivity contribution in [3.05, 3.63) is 76.1 Å². The predicted molar refractivity (Wildman–Crippen MR) is 109 cm³/mol. The number of hydrogen-bond donors (Lipinski definition) is 0. The van der Waals surface area contributed by atoms with E-state index in [0.717, 1.165) is 24.4 Å². The van der Waals surface area contributed by atoms with Gasteiger partial charge in [-0.05, 0) is 91.5 Å². The minimum Gasteiger partial charge on any atom is -0.295 e. The van der Waals surface area contributed by atoms with Crippen molar-refractivity contribution in [2.24, 2.45) is 0 Å². The third-order valence-electron chi connectivity index (χ3n) is 5.28. The normalized spacial score (nSPS) is 15.8. The van der Waals surface area contributed by atoms with Gasteiger partial charge < -0.3 is 0 Å². The lowest BCUT2D eigenvalue weighted by Crippen LogP contribution is -2.18. The first-order valence-electron chi connectivity index (χ1n) is 8.98. The monoisotopic (exact) mass is 394 g/mol. The number of halogens is 1. The Bertz CT molecular complexity index is 865. The molecule has 0 atom stereocenters. The van der Waals surface area contributed by atoms with Crippen LogP contribution in [0.15, 0.2) is 53.8 Å². The molecule has 1 aromatic carbocycles. The molecule has 2 aromatic rings. The Kier molecular flexibility index (Phi) is 4.28. The molecular formula is C22H23BrN2. The summed E-state index contributed by atoms with van der Waals surface area (Å²) >= 11 is 3.70. The number of anilines is 2. The lowest BCUT2D eigenvalue weighted by molar-refractivity contribution is 0.911. The summed E-state index contributed by atoms with van der Waals surface area (Å²) in [5.41, 5.74) is 7.48. The van der Waals surface area contributed by atoms with Gasteiger partial charge >= 0.3 is 0 Å². The quantitative estimate of drug-likeness (QED) is 0.548. The Balaban J connectivity index is 1.87. The van der Waals surface area contributed by atoms with Gasteiger partial charge in [0.25, 0.3) is 0 Å². The van der Waals surface area contributed by atoms with Crippen molar-refractivity contribution in [2.75, 3.05) is 4.90 Å². The van der Waals surface area contributed by atoms with Crippen LogP contribution in [0.2, 0.25) is 0 Å². The molecule has 2 nitrogen and oxygen atoms in total. The number of aromatic nitrogens is 1. The molecule has 1 saturated carbocycles. The zero-order valence-electron chi connectivity index (χ0n) is 14.7. The Labute approximate surface area is 158 Å². The van der Waals surface area contributed by atoms with Crippen LogP contribution in [0.5, 0.6) is 0 Å². The molecule has 25 heavy (non-hydrogen) atoms. The molecule has 0 amide bonds. The van der Waals surface area contributed by atoms with Crippen molar-refractivity contribution in [3.8, 4) is 0 Å². The van der Waals surface area contributed by atoms with Crippen LogP contribution in [-0.4, -0.2) is 4.98 Å². The molecule has 0 aliphatic heterocycles. The zero-order valence-corrected chi connectivity index (χ0v) is 16.3. The van der Waals surface area contributed by atoms with Crippen LogP contribution < -0.4 is 4.90 Å². The van der Waals surface area contributed by atoms with Crippen LogP contribution in [0.1, 0.15) is 47.4 Å². The van der Waals surface area contributed by atoms with Gasteiger partial charge in [0.2, 0.25) is 0 Å². The van der Waals surface area contributed by atoms with Gasteiger partial charge in [-0.3, -0.25) is 4.90 Å². The molecule has 0 spiro atoms. The van der Waals surface area contributed by atoms with E-state index in [0.29, 0.717) is 5.92 Å². The van der Waals surface area contributed by atoms with Gasteiger partial charge in [-0.15, -0.1) is 0 Å². The molecule has 1 fully saturated rings. The second-order valence-corrected chi connectivity index (χ2v) is 7.98. The standard InChI is InChI=1S/C22H23BrN2/c1-4-15(3)25(22-11-17-6-5-7-18(17)13-24-22)21-10-14(2)20(23)12-19(21)16-8-9-16/h4,10-13,16H,1,3,5-9H2,2H3. The highest BCUT2D eigenvalue weighted by Gasteiger charge is 2.30. The zero-order chi connectivity index (χ0) is 17.6. The number of rotatable bonds is 5. The maximum Gasteiger partial charge on any atom is 0.137 e. The lowest BCUT2D eigenvalue weighted by Gasteiger charge is -2.28. The third-order valence-corrected chi connectivity index (χ3v) is 6.13. The number of aryl methyl sites for hydroxylation is 3. The maximum absolute atomic E-state index is 4.77. The first-order chi connectivity index (χ1) is 12.1. The number of pyridine rings is 1. The van der Waals surface area contributed by atoms with E-state index in [-0.39, 0.29) is 0 Å². The van der Waals surface area contributed by atoms with Crippen LogP contribution in [0.3, 0.4) is 0 Å². The van der Waals surface area contributed by atoms with Crippen molar-refractivity contribution in [2.45, 2.75) is 44.9 Å². The maximum atomic E-state index is 4.77. The van der Waals surface area contributed by atoms with E-state index in [4.69, 9.17) is 4.98 Å². The van der Waals surface area contributed by atoms with Crippen LogP contribution in [0, 0.1) is 6.92 Å². The first kappa shape index (κ1) is 16.6. The van der Waals surface area contributed by atoms with Gasteiger partial charge in [0.15, 0.2) is 0 Å². The molecule has 1 heterocycles. The molecule has 1 aromatic heterocycles. The van der Waals surface area contributed by atoms with E-state index in [2.05, 4.69) is 59.1 Å². The molecule has 0 bridgehead atoms. The summed E-state index contributed by atoms with van der Waals surface area (Å²) in [7, 11) is 0. The average Bonchev–Trinajstić information content (AvgIpc) is 3.35. The Morgan fingerprint density at radius 1 is 1.24 bits per heavy atom. The van der Waals surface area contributed by atoms with Crippen molar-refractivity contribution in [1.82, 2.24) is 4.98 Å². The fourth-order valence-electron chi connectivity index (χ4n) is 3.68. The molecule has 128 valence electrons. The molecule has 0 unspecified atom stereocenters. The Morgan fingerprint density at radius 2 is 2.00 bits per heavy atom. The highest BCUT2D eigenvalue weighted by Crippen LogP contribution is 2.48. The van der Waals surface area contributed by atoms with Crippen molar-refractivity contribution < 1.29 is 0 Å².